The molecule has 2 atom stereocenters. The zero-order valence-electron chi connectivity index (χ0n) is 11.2. The van der Waals surface area contributed by atoms with Gasteiger partial charge in [-0.1, -0.05) is 36.2 Å². The highest BCUT2D eigenvalue weighted by Gasteiger charge is 2.23. The van der Waals surface area contributed by atoms with E-state index >= 15 is 0 Å². The van der Waals surface area contributed by atoms with Crippen LogP contribution in [0, 0.1) is 16.0 Å². The van der Waals surface area contributed by atoms with Crippen LogP contribution in [0.25, 0.3) is 0 Å². The summed E-state index contributed by atoms with van der Waals surface area (Å²) in [5.74, 6) is 0.452. The third-order valence-electron chi connectivity index (χ3n) is 2.92. The lowest BCUT2D eigenvalue weighted by Crippen LogP contribution is -2.11. The molecule has 1 rings (SSSR count). The van der Waals surface area contributed by atoms with E-state index in [1.165, 1.54) is 6.07 Å². The number of halogens is 1. The number of aliphatic hydroxyl groups excluding tert-OH is 1. The molecular formula is C13H18BrNO4. The van der Waals surface area contributed by atoms with Crippen LogP contribution < -0.4 is 4.74 Å². The zero-order valence-corrected chi connectivity index (χ0v) is 12.8. The zero-order chi connectivity index (χ0) is 14.6. The Kier molecular flexibility index (Phi) is 5.75. The first-order chi connectivity index (χ1) is 8.86. The Balaban J connectivity index is 3.19. The van der Waals surface area contributed by atoms with Gasteiger partial charge in [0.25, 0.3) is 0 Å². The molecule has 106 valence electrons. The van der Waals surface area contributed by atoms with Gasteiger partial charge in [-0.3, -0.25) is 10.1 Å². The molecule has 0 aliphatic rings. The maximum Gasteiger partial charge on any atom is 0.312 e. The van der Waals surface area contributed by atoms with Gasteiger partial charge in [-0.15, -0.1) is 0 Å². The van der Waals surface area contributed by atoms with E-state index in [9.17, 15) is 15.2 Å². The normalized spacial score (nSPS) is 13.9. The van der Waals surface area contributed by atoms with Crippen LogP contribution in [0.5, 0.6) is 5.75 Å². The summed E-state index contributed by atoms with van der Waals surface area (Å²) in [6.45, 7) is 5.98. The highest BCUT2D eigenvalue weighted by Crippen LogP contribution is 2.38. The smallest absolute Gasteiger partial charge is 0.312 e. The van der Waals surface area contributed by atoms with Gasteiger partial charge < -0.3 is 9.84 Å². The van der Waals surface area contributed by atoms with Crippen LogP contribution in [-0.4, -0.2) is 16.6 Å². The Labute approximate surface area is 120 Å². The number of hydrogen-bond donors (Lipinski definition) is 1. The van der Waals surface area contributed by atoms with Crippen molar-refractivity contribution >= 4 is 21.6 Å². The molecule has 0 spiro atoms. The van der Waals surface area contributed by atoms with Crippen molar-refractivity contribution in [2.75, 3.05) is 6.61 Å². The Morgan fingerprint density at radius 1 is 1.47 bits per heavy atom. The molecule has 0 amide bonds. The second kappa shape index (κ2) is 6.86. The van der Waals surface area contributed by atoms with Crippen LogP contribution in [-0.2, 0) is 0 Å². The van der Waals surface area contributed by atoms with Crippen molar-refractivity contribution in [1.29, 1.82) is 0 Å². The van der Waals surface area contributed by atoms with E-state index < -0.39 is 11.0 Å². The molecule has 0 bridgehead atoms. The largest absolute Gasteiger partial charge is 0.486 e. The molecule has 19 heavy (non-hydrogen) atoms. The SMILES string of the molecule is CCC(C)COc1c([C@H](C)O)cc(Br)cc1[N+](=O)[O-]. The second-order valence-electron chi connectivity index (χ2n) is 4.60. The summed E-state index contributed by atoms with van der Waals surface area (Å²) in [4.78, 5) is 10.6. The maximum atomic E-state index is 11.1. The van der Waals surface area contributed by atoms with Gasteiger partial charge >= 0.3 is 5.69 Å². The predicted octanol–water partition coefficient (Wildman–Crippen LogP) is 3.84. The van der Waals surface area contributed by atoms with E-state index in [1.54, 1.807) is 13.0 Å². The summed E-state index contributed by atoms with van der Waals surface area (Å²) < 4.78 is 6.12. The van der Waals surface area contributed by atoms with Crippen LogP contribution in [0.4, 0.5) is 5.69 Å². The molecule has 0 saturated carbocycles. The van der Waals surface area contributed by atoms with E-state index in [0.717, 1.165) is 6.42 Å². The third kappa shape index (κ3) is 4.18. The number of nitrogens with zero attached hydrogens (tertiary/aromatic N) is 1. The lowest BCUT2D eigenvalue weighted by molar-refractivity contribution is -0.386. The number of benzene rings is 1. The van der Waals surface area contributed by atoms with Gasteiger partial charge in [-0.05, 0) is 18.9 Å². The maximum absolute atomic E-state index is 11.1. The van der Waals surface area contributed by atoms with Crippen molar-refractivity contribution in [3.63, 3.8) is 0 Å². The van der Waals surface area contributed by atoms with Crippen molar-refractivity contribution in [2.45, 2.75) is 33.3 Å². The standard InChI is InChI=1S/C13H18BrNO4/c1-4-8(2)7-19-13-11(9(3)16)5-10(14)6-12(13)15(17)18/h5-6,8-9,16H,4,7H2,1-3H3/t8?,9-/m0/s1. The topological polar surface area (TPSA) is 72.6 Å². The molecule has 0 radical (unpaired) electrons. The average molecular weight is 332 g/mol. The molecule has 0 saturated heterocycles. The first kappa shape index (κ1) is 15.9. The van der Waals surface area contributed by atoms with Gasteiger partial charge in [-0.2, -0.15) is 0 Å². The Morgan fingerprint density at radius 2 is 2.11 bits per heavy atom. The fraction of sp³-hybridized carbons (Fsp3) is 0.538. The molecule has 0 fully saturated rings. The van der Waals surface area contributed by atoms with Crippen LogP contribution in [0.3, 0.4) is 0 Å². The third-order valence-corrected chi connectivity index (χ3v) is 3.38. The summed E-state index contributed by atoms with van der Waals surface area (Å²) in [6, 6.07) is 3.03. The molecule has 1 aromatic carbocycles. The molecule has 0 aliphatic heterocycles. The van der Waals surface area contributed by atoms with E-state index in [-0.39, 0.29) is 11.4 Å². The summed E-state index contributed by atoms with van der Waals surface area (Å²) in [5, 5.41) is 20.8. The molecule has 1 N–H and O–H groups in total. The summed E-state index contributed by atoms with van der Waals surface area (Å²) in [7, 11) is 0. The van der Waals surface area contributed by atoms with Crippen molar-refractivity contribution in [2.24, 2.45) is 5.92 Å². The number of aliphatic hydroxyl groups is 1. The van der Waals surface area contributed by atoms with Gasteiger partial charge in [0.05, 0.1) is 17.6 Å². The Hall–Kier alpha value is -1.14. The minimum absolute atomic E-state index is 0.131. The van der Waals surface area contributed by atoms with Crippen LogP contribution in [0.15, 0.2) is 16.6 Å². The number of hydrogen-bond acceptors (Lipinski definition) is 4. The molecule has 6 heteroatoms. The van der Waals surface area contributed by atoms with E-state index in [0.29, 0.717) is 22.6 Å². The summed E-state index contributed by atoms with van der Waals surface area (Å²) in [6.07, 6.45) is 0.0945. The van der Waals surface area contributed by atoms with Crippen molar-refractivity contribution < 1.29 is 14.8 Å². The summed E-state index contributed by atoms with van der Waals surface area (Å²) >= 11 is 3.21. The monoisotopic (exact) mass is 331 g/mol. The lowest BCUT2D eigenvalue weighted by Gasteiger charge is -2.16. The van der Waals surface area contributed by atoms with Crippen molar-refractivity contribution in [3.8, 4) is 5.75 Å². The second-order valence-corrected chi connectivity index (χ2v) is 5.52. The Bertz CT molecular complexity index is 462. The summed E-state index contributed by atoms with van der Waals surface area (Å²) in [5.41, 5.74) is 0.290. The van der Waals surface area contributed by atoms with Crippen LogP contribution >= 0.6 is 15.9 Å². The lowest BCUT2D eigenvalue weighted by atomic mass is 10.1. The van der Waals surface area contributed by atoms with Crippen molar-refractivity contribution in [1.82, 2.24) is 0 Å². The fourth-order valence-electron chi connectivity index (χ4n) is 1.55. The average Bonchev–Trinajstić information content (AvgIpc) is 2.35. The minimum Gasteiger partial charge on any atom is -0.486 e. The first-order valence-corrected chi connectivity index (χ1v) is 6.94. The van der Waals surface area contributed by atoms with Gasteiger partial charge in [0.1, 0.15) is 0 Å². The van der Waals surface area contributed by atoms with Crippen LogP contribution in [0.1, 0.15) is 38.9 Å². The minimum atomic E-state index is -0.830. The van der Waals surface area contributed by atoms with E-state index in [4.69, 9.17) is 4.74 Å². The quantitative estimate of drug-likeness (QED) is 0.635. The molecule has 1 aromatic rings. The van der Waals surface area contributed by atoms with E-state index in [1.807, 2.05) is 13.8 Å². The molecule has 1 unspecified atom stereocenters. The molecule has 0 heterocycles. The highest BCUT2D eigenvalue weighted by atomic mass is 79.9. The van der Waals surface area contributed by atoms with Gasteiger partial charge in [0.15, 0.2) is 0 Å². The number of ether oxygens (including phenoxy) is 1. The van der Waals surface area contributed by atoms with Gasteiger partial charge in [-0.25, -0.2) is 0 Å². The fourth-order valence-corrected chi connectivity index (χ4v) is 2.01. The van der Waals surface area contributed by atoms with E-state index in [2.05, 4.69) is 15.9 Å². The van der Waals surface area contributed by atoms with Crippen LogP contribution in [0.2, 0.25) is 0 Å². The number of rotatable bonds is 6. The predicted molar refractivity (Wildman–Crippen MR) is 76.4 cm³/mol. The molecule has 0 aromatic heterocycles. The molecule has 5 nitrogen and oxygen atoms in total. The molecular weight excluding hydrogens is 314 g/mol. The highest BCUT2D eigenvalue weighted by molar-refractivity contribution is 9.10. The van der Waals surface area contributed by atoms with Gasteiger partial charge in [0.2, 0.25) is 5.75 Å². The first-order valence-electron chi connectivity index (χ1n) is 6.15. The Morgan fingerprint density at radius 3 is 2.58 bits per heavy atom. The van der Waals surface area contributed by atoms with Gasteiger partial charge in [0, 0.05) is 16.1 Å². The van der Waals surface area contributed by atoms with Crippen molar-refractivity contribution in [3.05, 3.63) is 32.3 Å². The number of nitro groups is 1. The molecule has 0 aliphatic carbocycles. The number of nitro benzene ring substituents is 1.